The van der Waals surface area contributed by atoms with Crippen molar-refractivity contribution in [1.29, 1.82) is 0 Å². The Morgan fingerprint density at radius 1 is 0.963 bits per heavy atom. The molecule has 0 radical (unpaired) electrons. The third-order valence-corrected chi connectivity index (χ3v) is 5.35. The molecule has 2 aromatic carbocycles. The van der Waals surface area contributed by atoms with E-state index in [0.717, 1.165) is 12.5 Å². The third kappa shape index (κ3) is 4.96. The summed E-state index contributed by atoms with van der Waals surface area (Å²) in [6, 6.07) is 17.9. The number of hydrogen-bond acceptors (Lipinski definition) is 4. The van der Waals surface area contributed by atoms with E-state index in [2.05, 4.69) is 5.32 Å². The van der Waals surface area contributed by atoms with Crippen molar-refractivity contribution in [3.63, 3.8) is 0 Å². The van der Waals surface area contributed by atoms with Gasteiger partial charge in [-0.05, 0) is 36.4 Å². The van der Waals surface area contributed by atoms with Gasteiger partial charge in [-0.3, -0.25) is 0 Å². The maximum Gasteiger partial charge on any atom is 0.347 e. The molecule has 0 aromatic heterocycles. The van der Waals surface area contributed by atoms with Crippen LogP contribution in [0, 0.1) is 5.92 Å². The van der Waals surface area contributed by atoms with Crippen molar-refractivity contribution in [3.8, 4) is 0 Å². The molecule has 1 saturated carbocycles. The van der Waals surface area contributed by atoms with Crippen LogP contribution in [-0.4, -0.2) is 30.8 Å². The van der Waals surface area contributed by atoms with Gasteiger partial charge in [-0.25, -0.2) is 4.79 Å². The molecule has 27 heavy (non-hydrogen) atoms. The second kappa shape index (κ2) is 9.67. The van der Waals surface area contributed by atoms with Crippen molar-refractivity contribution in [3.05, 3.63) is 71.8 Å². The summed E-state index contributed by atoms with van der Waals surface area (Å²) >= 11 is 0. The minimum Gasteiger partial charge on any atom is -0.462 e. The van der Waals surface area contributed by atoms with Gasteiger partial charge in [0.05, 0.1) is 0 Å². The molecule has 4 heteroatoms. The quantitative estimate of drug-likeness (QED) is 0.552. The number of carbonyl (C=O) groups excluding carboxylic acids is 1. The number of hydrogen-bond donors (Lipinski definition) is 2. The zero-order valence-corrected chi connectivity index (χ0v) is 15.8. The minimum atomic E-state index is -1.80. The van der Waals surface area contributed by atoms with Crippen molar-refractivity contribution in [2.24, 2.45) is 5.92 Å². The van der Waals surface area contributed by atoms with Crippen LogP contribution in [0.1, 0.15) is 43.2 Å². The van der Waals surface area contributed by atoms with Crippen molar-refractivity contribution < 1.29 is 14.6 Å². The largest absolute Gasteiger partial charge is 0.462 e. The Morgan fingerprint density at radius 3 is 2.07 bits per heavy atom. The van der Waals surface area contributed by atoms with Crippen LogP contribution in [0.2, 0.25) is 0 Å². The van der Waals surface area contributed by atoms with Gasteiger partial charge >= 0.3 is 5.97 Å². The van der Waals surface area contributed by atoms with E-state index in [4.69, 9.17) is 4.74 Å². The number of rotatable bonds is 8. The van der Waals surface area contributed by atoms with E-state index in [-0.39, 0.29) is 6.61 Å². The SMILES string of the molecule is O=C(OCCNCC1CCCCC1)C(O)(c1ccccc1)c1ccccc1. The molecule has 0 saturated heterocycles. The summed E-state index contributed by atoms with van der Waals surface area (Å²) in [6.07, 6.45) is 6.57. The lowest BCUT2D eigenvalue weighted by Crippen LogP contribution is -2.39. The third-order valence-electron chi connectivity index (χ3n) is 5.35. The number of nitrogens with one attached hydrogen (secondary N) is 1. The summed E-state index contributed by atoms with van der Waals surface area (Å²) in [7, 11) is 0. The molecule has 0 amide bonds. The Balaban J connectivity index is 1.59. The number of aliphatic hydroxyl groups is 1. The first-order valence-corrected chi connectivity index (χ1v) is 9.92. The van der Waals surface area contributed by atoms with Crippen molar-refractivity contribution in [1.82, 2.24) is 5.32 Å². The molecule has 0 aliphatic heterocycles. The van der Waals surface area contributed by atoms with Gasteiger partial charge in [0.15, 0.2) is 0 Å². The lowest BCUT2D eigenvalue weighted by molar-refractivity contribution is -0.162. The van der Waals surface area contributed by atoms with Crippen LogP contribution in [0.4, 0.5) is 0 Å². The second-order valence-electron chi connectivity index (χ2n) is 7.29. The first-order chi connectivity index (χ1) is 13.2. The molecule has 2 aromatic rings. The average Bonchev–Trinajstić information content (AvgIpc) is 2.74. The van der Waals surface area contributed by atoms with Crippen LogP contribution in [0.3, 0.4) is 0 Å². The van der Waals surface area contributed by atoms with E-state index in [1.54, 1.807) is 24.3 Å². The molecule has 0 atom stereocenters. The normalized spacial score (nSPS) is 15.4. The summed E-state index contributed by atoms with van der Waals surface area (Å²) in [5, 5.41) is 14.7. The number of esters is 1. The van der Waals surface area contributed by atoms with Crippen LogP contribution in [0.5, 0.6) is 0 Å². The Hall–Kier alpha value is -2.17. The smallest absolute Gasteiger partial charge is 0.347 e. The topological polar surface area (TPSA) is 58.6 Å². The van der Waals surface area contributed by atoms with Crippen LogP contribution >= 0.6 is 0 Å². The Bertz CT molecular complexity index is 657. The molecular formula is C23H29NO3. The molecule has 3 rings (SSSR count). The molecule has 4 nitrogen and oxygen atoms in total. The van der Waals surface area contributed by atoms with Crippen LogP contribution in [0.25, 0.3) is 0 Å². The summed E-state index contributed by atoms with van der Waals surface area (Å²) in [6.45, 7) is 1.81. The Labute approximate surface area is 161 Å². The molecule has 144 valence electrons. The molecule has 1 aliphatic rings. The van der Waals surface area contributed by atoms with Crippen LogP contribution < -0.4 is 5.32 Å². The van der Waals surface area contributed by atoms with E-state index in [9.17, 15) is 9.90 Å². The Kier molecular flexibility index (Phi) is 7.02. The zero-order valence-electron chi connectivity index (χ0n) is 15.8. The van der Waals surface area contributed by atoms with E-state index in [1.165, 1.54) is 32.1 Å². The number of carbonyl (C=O) groups is 1. The zero-order chi connectivity index (χ0) is 19.0. The van der Waals surface area contributed by atoms with Gasteiger partial charge in [-0.1, -0.05) is 79.9 Å². The van der Waals surface area contributed by atoms with Crippen LogP contribution in [0.15, 0.2) is 60.7 Å². The minimum absolute atomic E-state index is 0.244. The monoisotopic (exact) mass is 367 g/mol. The lowest BCUT2D eigenvalue weighted by Gasteiger charge is -2.27. The highest BCUT2D eigenvalue weighted by Gasteiger charge is 2.41. The summed E-state index contributed by atoms with van der Waals surface area (Å²) in [5.41, 5.74) is -0.779. The molecule has 1 fully saturated rings. The fraction of sp³-hybridized carbons (Fsp3) is 0.435. The highest BCUT2D eigenvalue weighted by molar-refractivity contribution is 5.85. The van der Waals surface area contributed by atoms with Crippen LogP contribution in [-0.2, 0) is 15.1 Å². The maximum atomic E-state index is 12.8. The molecule has 0 bridgehead atoms. The Morgan fingerprint density at radius 2 is 1.52 bits per heavy atom. The molecule has 0 unspecified atom stereocenters. The molecular weight excluding hydrogens is 338 g/mol. The summed E-state index contributed by atoms with van der Waals surface area (Å²) in [4.78, 5) is 12.8. The van der Waals surface area contributed by atoms with E-state index >= 15 is 0 Å². The molecule has 0 heterocycles. The van der Waals surface area contributed by atoms with Gasteiger partial charge in [0.25, 0.3) is 0 Å². The molecule has 0 spiro atoms. The first-order valence-electron chi connectivity index (χ1n) is 9.92. The number of benzene rings is 2. The standard InChI is InChI=1S/C23H29NO3/c25-22(27-17-16-24-18-19-10-4-1-5-11-19)23(26,20-12-6-2-7-13-20)21-14-8-3-9-15-21/h2-3,6-9,12-15,19,24,26H,1,4-5,10-11,16-18H2. The van der Waals surface area contributed by atoms with Gasteiger partial charge in [-0.2, -0.15) is 0 Å². The van der Waals surface area contributed by atoms with Gasteiger partial charge in [-0.15, -0.1) is 0 Å². The van der Waals surface area contributed by atoms with E-state index < -0.39 is 11.6 Å². The van der Waals surface area contributed by atoms with Gasteiger partial charge in [0, 0.05) is 6.54 Å². The number of ether oxygens (including phenoxy) is 1. The predicted molar refractivity (Wildman–Crippen MR) is 106 cm³/mol. The molecule has 2 N–H and O–H groups in total. The van der Waals surface area contributed by atoms with Crippen molar-refractivity contribution in [2.75, 3.05) is 19.7 Å². The highest BCUT2D eigenvalue weighted by Crippen LogP contribution is 2.31. The average molecular weight is 367 g/mol. The maximum absolute atomic E-state index is 12.8. The van der Waals surface area contributed by atoms with Crippen molar-refractivity contribution in [2.45, 2.75) is 37.7 Å². The lowest BCUT2D eigenvalue weighted by atomic mass is 9.86. The van der Waals surface area contributed by atoms with E-state index in [1.807, 2.05) is 36.4 Å². The molecule has 1 aliphatic carbocycles. The van der Waals surface area contributed by atoms with Gasteiger partial charge in [0.2, 0.25) is 5.60 Å². The van der Waals surface area contributed by atoms with Gasteiger partial charge in [0.1, 0.15) is 6.61 Å². The fourth-order valence-electron chi connectivity index (χ4n) is 3.78. The fourth-order valence-corrected chi connectivity index (χ4v) is 3.78. The highest BCUT2D eigenvalue weighted by atomic mass is 16.5. The first kappa shape index (κ1) is 19.6. The summed E-state index contributed by atoms with van der Waals surface area (Å²) in [5.74, 6) is 0.0967. The summed E-state index contributed by atoms with van der Waals surface area (Å²) < 4.78 is 5.45. The predicted octanol–water partition coefficient (Wildman–Crippen LogP) is 3.64. The van der Waals surface area contributed by atoms with E-state index in [0.29, 0.717) is 17.7 Å². The second-order valence-corrected chi connectivity index (χ2v) is 7.29. The van der Waals surface area contributed by atoms with Gasteiger partial charge < -0.3 is 15.2 Å². The van der Waals surface area contributed by atoms with Crippen molar-refractivity contribution >= 4 is 5.97 Å².